The molecule has 0 saturated carbocycles. The monoisotopic (exact) mass is 164 g/mol. The lowest BCUT2D eigenvalue weighted by atomic mass is 10.1. The molecule has 0 saturated heterocycles. The van der Waals surface area contributed by atoms with Crippen LogP contribution >= 0.6 is 0 Å². The number of amides is 1. The molecular weight excluding hydrogens is 152 g/mol. The van der Waals surface area contributed by atoms with Gasteiger partial charge in [0.25, 0.3) is 0 Å². The number of nitrogens with two attached hydrogens (primary N) is 1. The Balaban J connectivity index is 3.13. The van der Waals surface area contributed by atoms with E-state index in [-0.39, 0.29) is 0 Å². The average Bonchev–Trinajstić information content (AvgIpc) is 2.01. The molecule has 0 spiro atoms. The van der Waals surface area contributed by atoms with E-state index in [1.54, 1.807) is 0 Å². The summed E-state index contributed by atoms with van der Waals surface area (Å²) in [4.78, 5) is 10.2. The van der Waals surface area contributed by atoms with Crippen LogP contribution in [0.25, 0.3) is 0 Å². The van der Waals surface area contributed by atoms with E-state index in [4.69, 9.17) is 5.73 Å². The number of rotatable bonds is 2. The van der Waals surface area contributed by atoms with Crippen LogP contribution < -0.4 is 11.1 Å². The third-order valence-electron chi connectivity index (χ3n) is 1.83. The molecule has 3 nitrogen and oxygen atoms in total. The van der Waals surface area contributed by atoms with Gasteiger partial charge in [0, 0.05) is 11.4 Å². The Bertz CT molecular complexity index is 308. The maximum absolute atomic E-state index is 10.2. The molecule has 64 valence electrons. The van der Waals surface area contributed by atoms with Crippen LogP contribution in [0, 0.1) is 13.8 Å². The molecule has 0 aliphatic carbocycles. The van der Waals surface area contributed by atoms with Crippen molar-refractivity contribution in [3.8, 4) is 0 Å². The van der Waals surface area contributed by atoms with Crippen LogP contribution in [-0.4, -0.2) is 6.41 Å². The van der Waals surface area contributed by atoms with E-state index >= 15 is 0 Å². The molecule has 0 aliphatic rings. The third kappa shape index (κ3) is 1.56. The van der Waals surface area contributed by atoms with Crippen LogP contribution in [0.1, 0.15) is 11.1 Å². The standard InChI is InChI=1S/C9H12N2O/c1-6-4-9(11-5-12)7(2)3-8(6)10/h3-5H,10H2,1-2H3,(H,11,12). The lowest BCUT2D eigenvalue weighted by Gasteiger charge is -2.07. The van der Waals surface area contributed by atoms with E-state index in [1.807, 2.05) is 26.0 Å². The van der Waals surface area contributed by atoms with Crippen LogP contribution in [0.5, 0.6) is 0 Å². The van der Waals surface area contributed by atoms with Gasteiger partial charge in [0.1, 0.15) is 0 Å². The predicted molar refractivity (Wildman–Crippen MR) is 50.0 cm³/mol. The highest BCUT2D eigenvalue weighted by Crippen LogP contribution is 2.21. The zero-order valence-electron chi connectivity index (χ0n) is 7.22. The first-order chi connectivity index (χ1) is 5.65. The molecule has 0 aliphatic heterocycles. The van der Waals surface area contributed by atoms with Crippen molar-refractivity contribution in [1.29, 1.82) is 0 Å². The van der Waals surface area contributed by atoms with Crippen LogP contribution in [-0.2, 0) is 4.79 Å². The van der Waals surface area contributed by atoms with Crippen LogP contribution in [0.2, 0.25) is 0 Å². The molecule has 0 fully saturated rings. The number of carbonyl (C=O) groups excluding carboxylic acids is 1. The summed E-state index contributed by atoms with van der Waals surface area (Å²) < 4.78 is 0. The molecule has 0 heterocycles. The van der Waals surface area contributed by atoms with Crippen molar-refractivity contribution < 1.29 is 4.79 Å². The van der Waals surface area contributed by atoms with Crippen molar-refractivity contribution in [2.75, 3.05) is 11.1 Å². The van der Waals surface area contributed by atoms with E-state index in [1.165, 1.54) is 0 Å². The van der Waals surface area contributed by atoms with Gasteiger partial charge in [0.05, 0.1) is 0 Å². The summed E-state index contributed by atoms with van der Waals surface area (Å²) in [5, 5.41) is 2.61. The highest BCUT2D eigenvalue weighted by atomic mass is 16.1. The molecule has 0 bridgehead atoms. The first-order valence-corrected chi connectivity index (χ1v) is 3.72. The zero-order valence-corrected chi connectivity index (χ0v) is 7.22. The lowest BCUT2D eigenvalue weighted by Crippen LogP contribution is -1.99. The Labute approximate surface area is 71.6 Å². The van der Waals surface area contributed by atoms with Gasteiger partial charge in [-0.15, -0.1) is 0 Å². The maximum Gasteiger partial charge on any atom is 0.211 e. The molecule has 3 N–H and O–H groups in total. The molecule has 12 heavy (non-hydrogen) atoms. The number of carbonyl (C=O) groups is 1. The first kappa shape index (κ1) is 8.59. The Morgan fingerprint density at radius 1 is 1.33 bits per heavy atom. The molecular formula is C9H12N2O. The number of benzene rings is 1. The minimum atomic E-state index is 0.665. The van der Waals surface area contributed by atoms with Crippen molar-refractivity contribution in [3.05, 3.63) is 23.3 Å². The van der Waals surface area contributed by atoms with Gasteiger partial charge >= 0.3 is 0 Å². The third-order valence-corrected chi connectivity index (χ3v) is 1.83. The molecule has 0 unspecified atom stereocenters. The lowest BCUT2D eigenvalue weighted by molar-refractivity contribution is -0.105. The minimum absolute atomic E-state index is 0.665. The van der Waals surface area contributed by atoms with Gasteiger partial charge in [-0.2, -0.15) is 0 Å². The molecule has 1 amide bonds. The van der Waals surface area contributed by atoms with Gasteiger partial charge in [-0.25, -0.2) is 0 Å². The highest BCUT2D eigenvalue weighted by molar-refractivity contribution is 5.75. The molecule has 0 atom stereocenters. The normalized spacial score (nSPS) is 9.50. The van der Waals surface area contributed by atoms with Crippen molar-refractivity contribution in [2.24, 2.45) is 0 Å². The predicted octanol–water partition coefficient (Wildman–Crippen LogP) is 1.45. The van der Waals surface area contributed by atoms with Gasteiger partial charge in [-0.1, -0.05) is 0 Å². The van der Waals surface area contributed by atoms with Crippen LogP contribution in [0.4, 0.5) is 11.4 Å². The molecule has 1 aromatic carbocycles. The molecule has 1 rings (SSSR count). The number of hydrogen-bond acceptors (Lipinski definition) is 2. The van der Waals surface area contributed by atoms with Crippen molar-refractivity contribution in [2.45, 2.75) is 13.8 Å². The van der Waals surface area contributed by atoms with Gasteiger partial charge < -0.3 is 11.1 Å². The van der Waals surface area contributed by atoms with Crippen LogP contribution in [0.15, 0.2) is 12.1 Å². The molecule has 0 aromatic heterocycles. The Kier molecular flexibility index (Phi) is 2.33. The maximum atomic E-state index is 10.2. The average molecular weight is 164 g/mol. The minimum Gasteiger partial charge on any atom is -0.399 e. The smallest absolute Gasteiger partial charge is 0.211 e. The summed E-state index contributed by atoms with van der Waals surface area (Å²) in [7, 11) is 0. The summed E-state index contributed by atoms with van der Waals surface area (Å²) in [6.07, 6.45) is 0.665. The number of anilines is 2. The van der Waals surface area contributed by atoms with E-state index in [9.17, 15) is 4.79 Å². The first-order valence-electron chi connectivity index (χ1n) is 3.72. The SMILES string of the molecule is Cc1cc(NC=O)c(C)cc1N. The fraction of sp³-hybridized carbons (Fsp3) is 0.222. The highest BCUT2D eigenvalue weighted by Gasteiger charge is 2.00. The number of nitrogen functional groups attached to an aromatic ring is 1. The fourth-order valence-electron chi connectivity index (χ4n) is 1.06. The summed E-state index contributed by atoms with van der Waals surface area (Å²) in [6.45, 7) is 3.81. The van der Waals surface area contributed by atoms with Gasteiger partial charge in [0.2, 0.25) is 6.41 Å². The number of aryl methyl sites for hydroxylation is 2. The summed E-state index contributed by atoms with van der Waals surface area (Å²) in [5.74, 6) is 0. The van der Waals surface area contributed by atoms with Gasteiger partial charge in [0.15, 0.2) is 0 Å². The number of hydrogen-bond donors (Lipinski definition) is 2. The Morgan fingerprint density at radius 3 is 2.58 bits per heavy atom. The van der Waals surface area contributed by atoms with Crippen molar-refractivity contribution >= 4 is 17.8 Å². The summed E-state index contributed by atoms with van der Waals surface area (Å²) in [5.41, 5.74) is 9.19. The summed E-state index contributed by atoms with van der Waals surface area (Å²) >= 11 is 0. The Morgan fingerprint density at radius 2 is 2.00 bits per heavy atom. The van der Waals surface area contributed by atoms with Crippen molar-refractivity contribution in [3.63, 3.8) is 0 Å². The van der Waals surface area contributed by atoms with Gasteiger partial charge in [-0.3, -0.25) is 4.79 Å². The second kappa shape index (κ2) is 3.26. The van der Waals surface area contributed by atoms with E-state index in [2.05, 4.69) is 5.32 Å². The molecule has 0 radical (unpaired) electrons. The second-order valence-corrected chi connectivity index (χ2v) is 2.79. The van der Waals surface area contributed by atoms with E-state index < -0.39 is 0 Å². The van der Waals surface area contributed by atoms with Gasteiger partial charge in [-0.05, 0) is 37.1 Å². The Hall–Kier alpha value is -1.51. The largest absolute Gasteiger partial charge is 0.399 e. The topological polar surface area (TPSA) is 55.1 Å². The van der Waals surface area contributed by atoms with Crippen molar-refractivity contribution in [1.82, 2.24) is 0 Å². The number of nitrogens with one attached hydrogen (secondary N) is 1. The molecule has 1 aromatic rings. The fourth-order valence-corrected chi connectivity index (χ4v) is 1.06. The molecule has 3 heteroatoms. The van der Waals surface area contributed by atoms with E-state index in [0.717, 1.165) is 22.5 Å². The zero-order chi connectivity index (χ0) is 9.14. The summed E-state index contributed by atoms with van der Waals surface area (Å²) in [6, 6.07) is 3.71. The van der Waals surface area contributed by atoms with E-state index in [0.29, 0.717) is 6.41 Å². The van der Waals surface area contributed by atoms with Crippen LogP contribution in [0.3, 0.4) is 0 Å². The second-order valence-electron chi connectivity index (χ2n) is 2.79. The quantitative estimate of drug-likeness (QED) is 0.513.